The summed E-state index contributed by atoms with van der Waals surface area (Å²) in [4.78, 5) is 32.8. The van der Waals surface area contributed by atoms with Crippen molar-refractivity contribution in [1.82, 2.24) is 4.57 Å². The summed E-state index contributed by atoms with van der Waals surface area (Å²) in [7, 11) is 0. The summed E-state index contributed by atoms with van der Waals surface area (Å²) >= 11 is 0. The number of non-ortho nitro benzene ring substituents is 1. The van der Waals surface area contributed by atoms with Gasteiger partial charge in [0.05, 0.1) is 11.5 Å². The van der Waals surface area contributed by atoms with Crippen molar-refractivity contribution >= 4 is 17.3 Å². The second-order valence-corrected chi connectivity index (χ2v) is 5.02. The van der Waals surface area contributed by atoms with Crippen LogP contribution in [0, 0.1) is 27.2 Å². The lowest BCUT2D eigenvalue weighted by Crippen LogP contribution is -3.00. The lowest BCUT2D eigenvalue weighted by Gasteiger charge is -2.01. The molecule has 0 spiro atoms. The summed E-state index contributed by atoms with van der Waals surface area (Å²) in [5.41, 5.74) is 0.144. The van der Waals surface area contributed by atoms with E-state index in [0.29, 0.717) is 5.82 Å². The van der Waals surface area contributed by atoms with Gasteiger partial charge in [0.1, 0.15) is 6.54 Å². The Bertz CT molecular complexity index is 802. The second kappa shape index (κ2) is 8.44. The topological polar surface area (TPSA) is 132 Å². The number of rotatable bonds is 7. The van der Waals surface area contributed by atoms with E-state index in [1.165, 1.54) is 39.6 Å². The van der Waals surface area contributed by atoms with Crippen molar-refractivity contribution in [3.63, 3.8) is 0 Å². The zero-order valence-corrected chi connectivity index (χ0v) is 14.7. The van der Waals surface area contributed by atoms with E-state index >= 15 is 0 Å². The number of nitro groups is 2. The molecule has 0 bridgehead atoms. The molecule has 0 saturated heterocycles. The molecule has 0 saturated carbocycles. The summed E-state index contributed by atoms with van der Waals surface area (Å²) < 4.78 is 2.72. The molecule has 0 aliphatic heterocycles. The van der Waals surface area contributed by atoms with E-state index in [1.54, 1.807) is 6.92 Å². The third-order valence-corrected chi connectivity index (χ3v) is 3.58. The van der Waals surface area contributed by atoms with Crippen LogP contribution in [0.3, 0.4) is 0 Å². The number of aromatic nitrogens is 2. The van der Waals surface area contributed by atoms with Crippen LogP contribution in [0.15, 0.2) is 30.5 Å². The minimum absolute atomic E-state index is 0. The molecule has 2 rings (SSSR count). The number of carbonyl (C=O) groups is 1. The van der Waals surface area contributed by atoms with Crippen LogP contribution in [0.5, 0.6) is 0 Å². The smallest absolute Gasteiger partial charge is 0.365 e. The van der Waals surface area contributed by atoms with E-state index in [0.717, 1.165) is 0 Å². The zero-order chi connectivity index (χ0) is 17.9. The maximum atomic E-state index is 12.3. The van der Waals surface area contributed by atoms with Gasteiger partial charge in [-0.1, -0.05) is 0 Å². The van der Waals surface area contributed by atoms with E-state index in [-0.39, 0.29) is 59.5 Å². The number of ketones is 1. The molecule has 0 fully saturated rings. The van der Waals surface area contributed by atoms with Crippen LogP contribution in [0.1, 0.15) is 16.2 Å². The number of carbonyl (C=O) groups excluding carboxylic acids is 1. The fourth-order valence-corrected chi connectivity index (χ4v) is 2.32. The predicted octanol–water partition coefficient (Wildman–Crippen LogP) is -2.22. The fourth-order valence-electron chi connectivity index (χ4n) is 2.32. The van der Waals surface area contributed by atoms with Crippen molar-refractivity contribution in [3.8, 4) is 0 Å². The summed E-state index contributed by atoms with van der Waals surface area (Å²) in [6, 6.07) is 5.14. The van der Waals surface area contributed by atoms with E-state index in [2.05, 4.69) is 0 Å². The van der Waals surface area contributed by atoms with Crippen molar-refractivity contribution < 1.29 is 41.3 Å². The lowest BCUT2D eigenvalue weighted by atomic mass is 10.1. The number of halogens is 1. The van der Waals surface area contributed by atoms with Crippen LogP contribution in [0.2, 0.25) is 0 Å². The Balaban J connectivity index is 0.00000312. The number of aliphatic hydroxyl groups is 1. The van der Waals surface area contributed by atoms with Gasteiger partial charge in [-0.05, 0) is 17.1 Å². The van der Waals surface area contributed by atoms with Crippen LogP contribution in [-0.2, 0) is 13.1 Å². The first-order valence-electron chi connectivity index (χ1n) is 6.97. The molecule has 11 heteroatoms. The van der Waals surface area contributed by atoms with Gasteiger partial charge in [0.15, 0.2) is 12.7 Å². The molecule has 1 aromatic carbocycles. The Morgan fingerprint density at radius 3 is 2.28 bits per heavy atom. The Kier molecular flexibility index (Phi) is 6.88. The van der Waals surface area contributed by atoms with Gasteiger partial charge in [0.25, 0.3) is 11.5 Å². The number of Topliss-reactive ketones (excluding diaryl/α,β-unsaturated/α-hetero) is 1. The van der Waals surface area contributed by atoms with Gasteiger partial charge in [-0.3, -0.25) is 14.9 Å². The normalized spacial score (nSPS) is 10.2. The average Bonchev–Trinajstić information content (AvgIpc) is 2.85. The van der Waals surface area contributed by atoms with Gasteiger partial charge >= 0.3 is 5.82 Å². The molecule has 0 atom stereocenters. The first kappa shape index (κ1) is 20.4. The third kappa shape index (κ3) is 4.45. The largest absolute Gasteiger partial charge is 1.00 e. The highest BCUT2D eigenvalue weighted by molar-refractivity contribution is 5.95. The maximum Gasteiger partial charge on any atom is 0.365 e. The van der Waals surface area contributed by atoms with Gasteiger partial charge in [-0.15, -0.1) is 0 Å². The van der Waals surface area contributed by atoms with E-state index in [4.69, 9.17) is 5.11 Å². The van der Waals surface area contributed by atoms with E-state index < -0.39 is 9.85 Å². The van der Waals surface area contributed by atoms with Gasteiger partial charge in [0, 0.05) is 24.6 Å². The molecule has 10 nitrogen and oxygen atoms in total. The molecule has 2 aromatic rings. The Labute approximate surface area is 152 Å². The average molecular weight is 415 g/mol. The van der Waals surface area contributed by atoms with Crippen molar-refractivity contribution in [2.45, 2.75) is 20.0 Å². The van der Waals surface area contributed by atoms with Gasteiger partial charge < -0.3 is 32.2 Å². The highest BCUT2D eigenvalue weighted by Crippen LogP contribution is 2.14. The highest BCUT2D eigenvalue weighted by atomic mass is 79.9. The molecule has 1 aromatic heterocycles. The summed E-state index contributed by atoms with van der Waals surface area (Å²) in [6.07, 6.45) is 1.23. The first-order chi connectivity index (χ1) is 11.3. The first-order valence-corrected chi connectivity index (χ1v) is 6.97. The molecule has 0 aliphatic carbocycles. The minimum Gasteiger partial charge on any atom is -1.00 e. The number of hydrogen-bond donors (Lipinski definition) is 1. The quantitative estimate of drug-likeness (QED) is 0.236. The monoisotopic (exact) mass is 414 g/mol. The number of hydrogen-bond acceptors (Lipinski definition) is 6. The SMILES string of the molecule is Cc1n(CCO)c([N+](=O)[O-])c[n+]1CC(=O)c1ccc([N+](=O)[O-])cc1.[Br-]. The number of benzene rings is 1. The number of imidazole rings is 1. The number of nitrogens with zero attached hydrogens (tertiary/aromatic N) is 4. The Morgan fingerprint density at radius 1 is 1.20 bits per heavy atom. The van der Waals surface area contributed by atoms with Crippen molar-refractivity contribution in [3.05, 3.63) is 62.1 Å². The molecule has 0 amide bonds. The molecule has 134 valence electrons. The van der Waals surface area contributed by atoms with Gasteiger partial charge in [-0.25, -0.2) is 4.57 Å². The maximum absolute atomic E-state index is 12.3. The van der Waals surface area contributed by atoms with Crippen LogP contribution >= 0.6 is 0 Å². The van der Waals surface area contributed by atoms with Crippen LogP contribution in [0.4, 0.5) is 11.5 Å². The third-order valence-electron chi connectivity index (χ3n) is 3.58. The number of aliphatic hydroxyl groups excluding tert-OH is 1. The summed E-state index contributed by atoms with van der Waals surface area (Å²) in [5.74, 6) is -0.113. The Morgan fingerprint density at radius 2 is 1.80 bits per heavy atom. The molecule has 0 radical (unpaired) electrons. The minimum atomic E-state index is -0.588. The van der Waals surface area contributed by atoms with E-state index in [9.17, 15) is 25.0 Å². The molecular formula is C14H15BrN4O6. The molecule has 0 aliphatic rings. The van der Waals surface area contributed by atoms with Crippen LogP contribution in [-0.4, -0.2) is 31.9 Å². The van der Waals surface area contributed by atoms with Gasteiger partial charge in [0.2, 0.25) is 5.78 Å². The lowest BCUT2D eigenvalue weighted by molar-refractivity contribution is -0.689. The second-order valence-electron chi connectivity index (χ2n) is 5.02. The van der Waals surface area contributed by atoms with Crippen LogP contribution in [0.25, 0.3) is 0 Å². The van der Waals surface area contributed by atoms with Crippen molar-refractivity contribution in [1.29, 1.82) is 0 Å². The fraction of sp³-hybridized carbons (Fsp3) is 0.286. The Hall–Kier alpha value is -2.66. The molecular weight excluding hydrogens is 400 g/mol. The number of nitro benzene ring substituents is 1. The standard InChI is InChI=1S/C14H15N4O6.BrH/c1-10-15(9-14(18(23)24)16(10)6-7-19)8-13(20)11-2-4-12(5-3-11)17(21)22;/h2-5,9,19H,6-8H2,1H3;1H/q+1;/p-1. The van der Waals surface area contributed by atoms with E-state index in [1.807, 2.05) is 0 Å². The molecule has 1 N–H and O–H groups in total. The summed E-state index contributed by atoms with van der Waals surface area (Å²) in [5, 5.41) is 30.7. The molecule has 0 unspecified atom stereocenters. The zero-order valence-electron chi connectivity index (χ0n) is 13.2. The summed E-state index contributed by atoms with van der Waals surface area (Å²) in [6.45, 7) is 1.22. The van der Waals surface area contributed by atoms with Gasteiger partial charge in [-0.2, -0.15) is 4.57 Å². The predicted molar refractivity (Wildman–Crippen MR) is 80.5 cm³/mol. The van der Waals surface area contributed by atoms with Crippen molar-refractivity contribution in [2.75, 3.05) is 6.61 Å². The highest BCUT2D eigenvalue weighted by Gasteiger charge is 2.25. The molecule has 1 heterocycles. The van der Waals surface area contributed by atoms with Crippen LogP contribution < -0.4 is 21.5 Å². The molecule has 25 heavy (non-hydrogen) atoms. The van der Waals surface area contributed by atoms with Crippen molar-refractivity contribution in [2.24, 2.45) is 0 Å².